The Balaban J connectivity index is 2.35. The number of hydrogen-bond acceptors (Lipinski definition) is 3. The Labute approximate surface area is 154 Å². The van der Waals surface area contributed by atoms with E-state index in [0.29, 0.717) is 0 Å². The summed E-state index contributed by atoms with van der Waals surface area (Å²) in [6.45, 7) is 5.16. The lowest BCUT2D eigenvalue weighted by Gasteiger charge is -2.17. The van der Waals surface area contributed by atoms with Crippen molar-refractivity contribution in [1.29, 1.82) is 0 Å². The molecule has 7 heteroatoms. The van der Waals surface area contributed by atoms with Gasteiger partial charge in [0.25, 0.3) is 0 Å². The van der Waals surface area contributed by atoms with Crippen molar-refractivity contribution < 1.29 is 0 Å². The van der Waals surface area contributed by atoms with Gasteiger partial charge in [-0.2, -0.15) is 5.10 Å². The molecule has 1 unspecified atom stereocenters. The van der Waals surface area contributed by atoms with Gasteiger partial charge in [-0.05, 0) is 79.8 Å². The predicted molar refractivity (Wildman–Crippen MR) is 100 cm³/mol. The molecule has 0 aliphatic rings. The molecule has 0 bridgehead atoms. The summed E-state index contributed by atoms with van der Waals surface area (Å²) in [5.74, 6) is 0. The van der Waals surface area contributed by atoms with Gasteiger partial charge in [-0.25, -0.2) is 0 Å². The molecular formula is C14H18Br3N3S. The number of thiophene rings is 1. The Morgan fingerprint density at radius 3 is 2.52 bits per heavy atom. The number of likely N-dealkylation sites (N-methyl/N-ethyl adjacent to an activating group) is 1. The van der Waals surface area contributed by atoms with Crippen molar-refractivity contribution >= 4 is 59.1 Å². The molecule has 21 heavy (non-hydrogen) atoms. The monoisotopic (exact) mass is 497 g/mol. The molecule has 0 aliphatic heterocycles. The van der Waals surface area contributed by atoms with E-state index in [1.807, 2.05) is 7.05 Å². The lowest BCUT2D eigenvalue weighted by Crippen LogP contribution is -2.20. The van der Waals surface area contributed by atoms with Crippen LogP contribution in [0.1, 0.15) is 36.8 Å². The molecule has 0 saturated carbocycles. The van der Waals surface area contributed by atoms with E-state index in [1.165, 1.54) is 15.0 Å². The molecule has 0 fully saturated rings. The summed E-state index contributed by atoms with van der Waals surface area (Å²) in [5.41, 5.74) is 3.67. The predicted octanol–water partition coefficient (Wildman–Crippen LogP) is 5.32. The lowest BCUT2D eigenvalue weighted by molar-refractivity contribution is 0.539. The minimum atomic E-state index is 0.255. The van der Waals surface area contributed by atoms with Crippen LogP contribution in [0.15, 0.2) is 18.1 Å². The third-order valence-corrected chi connectivity index (χ3v) is 6.80. The molecule has 0 aromatic carbocycles. The van der Waals surface area contributed by atoms with Crippen molar-refractivity contribution in [3.63, 3.8) is 0 Å². The van der Waals surface area contributed by atoms with Gasteiger partial charge in [0.2, 0.25) is 0 Å². The fourth-order valence-corrected chi connectivity index (χ4v) is 6.06. The highest BCUT2D eigenvalue weighted by Crippen LogP contribution is 2.37. The largest absolute Gasteiger partial charge is 0.313 e. The zero-order valence-corrected chi connectivity index (χ0v) is 17.8. The summed E-state index contributed by atoms with van der Waals surface area (Å²) >= 11 is 12.7. The minimum Gasteiger partial charge on any atom is -0.313 e. The second-order valence-corrected chi connectivity index (χ2v) is 9.24. The standard InChI is InChI=1S/C14H18Br3N3S/c1-4-9-13(16)11(20(5-2)19-9)7-10(18-3)8-6-12(15)21-14(8)17/h6,10,18H,4-5,7H2,1-3H3. The van der Waals surface area contributed by atoms with Crippen molar-refractivity contribution in [3.05, 3.63) is 35.1 Å². The first-order valence-electron chi connectivity index (χ1n) is 6.87. The van der Waals surface area contributed by atoms with Crippen LogP contribution < -0.4 is 5.32 Å². The smallest absolute Gasteiger partial charge is 0.0766 e. The van der Waals surface area contributed by atoms with E-state index in [4.69, 9.17) is 0 Å². The summed E-state index contributed by atoms with van der Waals surface area (Å²) in [4.78, 5) is 0. The van der Waals surface area contributed by atoms with E-state index in [-0.39, 0.29) is 6.04 Å². The molecular weight excluding hydrogens is 482 g/mol. The molecule has 0 saturated heterocycles. The molecule has 0 spiro atoms. The third kappa shape index (κ3) is 3.80. The second kappa shape index (κ2) is 7.73. The van der Waals surface area contributed by atoms with Gasteiger partial charge >= 0.3 is 0 Å². The minimum absolute atomic E-state index is 0.255. The average molecular weight is 500 g/mol. The quantitative estimate of drug-likeness (QED) is 0.583. The van der Waals surface area contributed by atoms with Crippen molar-refractivity contribution in [2.75, 3.05) is 7.05 Å². The van der Waals surface area contributed by atoms with Gasteiger partial charge in [0, 0.05) is 19.0 Å². The maximum atomic E-state index is 4.68. The van der Waals surface area contributed by atoms with E-state index in [9.17, 15) is 0 Å². The van der Waals surface area contributed by atoms with Crippen molar-refractivity contribution in [1.82, 2.24) is 15.1 Å². The molecule has 0 aliphatic carbocycles. The molecule has 2 aromatic heterocycles. The Kier molecular flexibility index (Phi) is 6.50. The maximum Gasteiger partial charge on any atom is 0.0766 e. The van der Waals surface area contributed by atoms with E-state index in [0.717, 1.165) is 33.3 Å². The number of aromatic nitrogens is 2. The highest BCUT2D eigenvalue weighted by atomic mass is 79.9. The maximum absolute atomic E-state index is 4.68. The van der Waals surface area contributed by atoms with Crippen molar-refractivity contribution in [3.8, 4) is 0 Å². The number of rotatable bonds is 6. The van der Waals surface area contributed by atoms with Gasteiger partial charge in [0.05, 0.1) is 23.4 Å². The molecule has 3 nitrogen and oxygen atoms in total. The fourth-order valence-electron chi connectivity index (χ4n) is 2.36. The van der Waals surface area contributed by atoms with Crippen LogP contribution in [0, 0.1) is 0 Å². The van der Waals surface area contributed by atoms with Crippen LogP contribution in [-0.4, -0.2) is 16.8 Å². The lowest BCUT2D eigenvalue weighted by atomic mass is 10.0. The van der Waals surface area contributed by atoms with Gasteiger partial charge in [-0.15, -0.1) is 11.3 Å². The van der Waals surface area contributed by atoms with Crippen LogP contribution >= 0.6 is 59.1 Å². The van der Waals surface area contributed by atoms with Gasteiger partial charge in [-0.1, -0.05) is 6.92 Å². The fraction of sp³-hybridized carbons (Fsp3) is 0.500. The average Bonchev–Trinajstić information content (AvgIpc) is 2.95. The van der Waals surface area contributed by atoms with Gasteiger partial charge in [-0.3, -0.25) is 4.68 Å². The second-order valence-electron chi connectivity index (χ2n) is 4.70. The van der Waals surface area contributed by atoms with Crippen molar-refractivity contribution in [2.45, 2.75) is 39.3 Å². The first-order chi connectivity index (χ1) is 10.0. The Morgan fingerprint density at radius 1 is 1.33 bits per heavy atom. The Morgan fingerprint density at radius 2 is 2.05 bits per heavy atom. The van der Waals surface area contributed by atoms with E-state index in [1.54, 1.807) is 11.3 Å². The summed E-state index contributed by atoms with van der Waals surface area (Å²) < 4.78 is 5.56. The van der Waals surface area contributed by atoms with Crippen LogP contribution in [0.2, 0.25) is 0 Å². The normalized spacial score (nSPS) is 12.9. The number of hydrogen-bond donors (Lipinski definition) is 1. The molecule has 1 atom stereocenters. The molecule has 2 rings (SSSR count). The summed E-state index contributed by atoms with van der Waals surface area (Å²) in [7, 11) is 2.00. The molecule has 1 N–H and O–H groups in total. The van der Waals surface area contributed by atoms with E-state index < -0.39 is 0 Å². The first-order valence-corrected chi connectivity index (χ1v) is 10.1. The van der Waals surface area contributed by atoms with Crippen LogP contribution in [0.25, 0.3) is 0 Å². The summed E-state index contributed by atoms with van der Waals surface area (Å²) in [6.07, 6.45) is 1.85. The van der Waals surface area contributed by atoms with E-state index in [2.05, 4.69) is 82.8 Å². The van der Waals surface area contributed by atoms with Crippen LogP contribution in [0.3, 0.4) is 0 Å². The highest BCUT2D eigenvalue weighted by molar-refractivity contribution is 9.12. The van der Waals surface area contributed by atoms with Gasteiger partial charge in [0.1, 0.15) is 0 Å². The van der Waals surface area contributed by atoms with Gasteiger partial charge < -0.3 is 5.32 Å². The zero-order valence-electron chi connectivity index (χ0n) is 12.2. The molecule has 2 aromatic rings. The number of aryl methyl sites for hydroxylation is 2. The molecule has 0 radical (unpaired) electrons. The Bertz CT molecular complexity index is 621. The van der Waals surface area contributed by atoms with Crippen molar-refractivity contribution in [2.24, 2.45) is 0 Å². The molecule has 0 amide bonds. The first kappa shape index (κ1) is 17.7. The number of nitrogens with zero attached hydrogens (tertiary/aromatic N) is 2. The summed E-state index contributed by atoms with van der Waals surface area (Å²) in [6, 6.07) is 2.43. The Hall–Kier alpha value is 0.310. The SMILES string of the molecule is CCc1nn(CC)c(CC(NC)c2cc(Br)sc2Br)c1Br. The van der Waals surface area contributed by atoms with Crippen LogP contribution in [-0.2, 0) is 19.4 Å². The third-order valence-electron chi connectivity index (χ3n) is 3.50. The zero-order chi connectivity index (χ0) is 15.6. The highest BCUT2D eigenvalue weighted by Gasteiger charge is 2.21. The molecule has 116 valence electrons. The number of halogens is 3. The van der Waals surface area contributed by atoms with E-state index >= 15 is 0 Å². The van der Waals surface area contributed by atoms with Crippen LogP contribution in [0.5, 0.6) is 0 Å². The number of nitrogens with one attached hydrogen (secondary N) is 1. The van der Waals surface area contributed by atoms with Gasteiger partial charge in [0.15, 0.2) is 0 Å². The van der Waals surface area contributed by atoms with Crippen LogP contribution in [0.4, 0.5) is 0 Å². The topological polar surface area (TPSA) is 29.9 Å². The molecule has 2 heterocycles. The summed E-state index contributed by atoms with van der Waals surface area (Å²) in [5, 5.41) is 8.10.